The van der Waals surface area contributed by atoms with Crippen LogP contribution in [-0.2, 0) is 0 Å². The zero-order chi connectivity index (χ0) is 14.1. The summed E-state index contributed by atoms with van der Waals surface area (Å²) in [7, 11) is -3.66. The highest BCUT2D eigenvalue weighted by Crippen LogP contribution is 2.75. The molecule has 0 aromatic carbocycles. The number of halogens is 7. The van der Waals surface area contributed by atoms with Gasteiger partial charge in [-0.25, -0.2) is 0 Å². The van der Waals surface area contributed by atoms with E-state index in [9.17, 15) is 30.7 Å². The molecule has 0 aliphatic rings. The molecule has 0 aliphatic carbocycles. The van der Waals surface area contributed by atoms with Crippen LogP contribution in [0.5, 0.6) is 0 Å². The monoisotopic (exact) mass is 287 g/mol. The Morgan fingerprint density at radius 3 is 1.18 bits per heavy atom. The minimum absolute atomic E-state index is 0.335. The second-order valence-corrected chi connectivity index (χ2v) is 8.46. The average molecular weight is 287 g/mol. The highest BCUT2D eigenvalue weighted by Gasteiger charge is 2.82. The summed E-state index contributed by atoms with van der Waals surface area (Å²) in [6, 6.07) is 0. The molecule has 0 atom stereocenters. The molecule has 0 aliphatic heterocycles. The lowest BCUT2D eigenvalue weighted by molar-refractivity contribution is -0.332. The smallest absolute Gasteiger partial charge is 0.185 e. The summed E-state index contributed by atoms with van der Waals surface area (Å²) in [6.07, 6.45) is -7.22. The third-order valence-corrected chi connectivity index (χ3v) is 8.25. The molecule has 0 nitrogen and oxygen atoms in total. The molecule has 0 aromatic heterocycles. The number of hydrogen-bond acceptors (Lipinski definition) is 0. The Labute approximate surface area is 95.9 Å². The van der Waals surface area contributed by atoms with E-state index in [0.717, 1.165) is 0 Å². The Morgan fingerprint density at radius 2 is 1.00 bits per heavy atom. The summed E-state index contributed by atoms with van der Waals surface area (Å²) < 4.78 is 89.2. The van der Waals surface area contributed by atoms with E-state index < -0.39 is 25.0 Å². The molecule has 17 heavy (non-hydrogen) atoms. The lowest BCUT2D eigenvalue weighted by Gasteiger charge is -2.36. The fraction of sp³-hybridized carbons (Fsp3) is 1.00. The summed E-state index contributed by atoms with van der Waals surface area (Å²) in [6.45, 7) is 3.71. The normalized spacial score (nSPS) is 15.2. The molecule has 0 bridgehead atoms. The van der Waals surface area contributed by atoms with Crippen LogP contribution in [0.3, 0.4) is 0 Å². The van der Waals surface area contributed by atoms with Gasteiger partial charge in [0.2, 0.25) is 0 Å². The fourth-order valence-corrected chi connectivity index (χ4v) is 4.99. The summed E-state index contributed by atoms with van der Waals surface area (Å²) in [5, 5.41) is 0. The van der Waals surface area contributed by atoms with Crippen molar-refractivity contribution in [2.45, 2.75) is 38.5 Å². The minimum atomic E-state index is -6.22. The first-order chi connectivity index (χ1) is 7.43. The topological polar surface area (TPSA) is 0 Å². The van der Waals surface area contributed by atoms with Crippen LogP contribution >= 0.6 is 7.26 Å². The highest BCUT2D eigenvalue weighted by molar-refractivity contribution is 7.77. The molecule has 0 heterocycles. The third kappa shape index (κ3) is 2.40. The summed E-state index contributed by atoms with van der Waals surface area (Å²) >= 11 is 0. The lowest BCUT2D eigenvalue weighted by atomic mass is 10.3. The third-order valence-electron chi connectivity index (χ3n) is 3.15. The van der Waals surface area contributed by atoms with Crippen LogP contribution in [0.15, 0.2) is 0 Å². The van der Waals surface area contributed by atoms with Gasteiger partial charge in [0.1, 0.15) is 0 Å². The predicted octanol–water partition coefficient (Wildman–Crippen LogP) is 4.85. The van der Waals surface area contributed by atoms with Crippen LogP contribution in [-0.4, -0.2) is 36.2 Å². The van der Waals surface area contributed by atoms with E-state index in [4.69, 9.17) is 0 Å². The molecule has 0 unspecified atom stereocenters. The van der Waals surface area contributed by atoms with Gasteiger partial charge < -0.3 is 0 Å². The fourth-order valence-electron chi connectivity index (χ4n) is 1.73. The van der Waals surface area contributed by atoms with Gasteiger partial charge in [0.25, 0.3) is 0 Å². The molecule has 0 fully saturated rings. The Morgan fingerprint density at radius 1 is 0.706 bits per heavy atom. The van der Waals surface area contributed by atoms with Gasteiger partial charge in [-0.3, -0.25) is 0 Å². The molecule has 0 saturated carbocycles. The van der Waals surface area contributed by atoms with E-state index in [-0.39, 0.29) is 18.5 Å². The van der Waals surface area contributed by atoms with Crippen molar-refractivity contribution in [1.82, 2.24) is 0 Å². The van der Waals surface area contributed by atoms with Crippen LogP contribution in [0.4, 0.5) is 30.7 Å². The first-order valence-electron chi connectivity index (χ1n) is 5.12. The molecule has 0 saturated heterocycles. The molecule has 0 rings (SSSR count). The SMILES string of the molecule is CC[P+](CC)(CC)C(F)(F)C(F)(F)C(F)(F)F. The Bertz CT molecular complexity index is 242. The lowest BCUT2D eigenvalue weighted by Crippen LogP contribution is -2.53. The molecule has 0 aromatic rings. The predicted molar refractivity (Wildman–Crippen MR) is 54.5 cm³/mol. The molecular weight excluding hydrogens is 272 g/mol. The van der Waals surface area contributed by atoms with Gasteiger partial charge in [0.15, 0.2) is 0 Å². The van der Waals surface area contributed by atoms with Crippen molar-refractivity contribution in [3.05, 3.63) is 0 Å². The molecule has 8 heteroatoms. The van der Waals surface area contributed by atoms with Gasteiger partial charge in [-0.2, -0.15) is 30.7 Å². The maximum atomic E-state index is 13.6. The van der Waals surface area contributed by atoms with Crippen LogP contribution in [0.1, 0.15) is 20.8 Å². The zero-order valence-corrected chi connectivity index (χ0v) is 10.6. The van der Waals surface area contributed by atoms with Gasteiger partial charge in [-0.15, -0.1) is 0 Å². The molecular formula is C9H15F7P+. The Hall–Kier alpha value is -0.0600. The summed E-state index contributed by atoms with van der Waals surface area (Å²) in [4.78, 5) is 0. The van der Waals surface area contributed by atoms with Crippen LogP contribution in [0.25, 0.3) is 0 Å². The van der Waals surface area contributed by atoms with Gasteiger partial charge in [0.05, 0.1) is 25.7 Å². The molecule has 0 radical (unpaired) electrons. The van der Waals surface area contributed by atoms with Crippen LogP contribution in [0, 0.1) is 0 Å². The standard InChI is InChI=1S/C9H15F7P/c1-4-17(5-2,6-3)9(15,16)7(10,11)8(12,13)14/h4-6H2,1-3H3/q+1. The van der Waals surface area contributed by atoms with Crippen molar-refractivity contribution in [2.75, 3.05) is 18.5 Å². The van der Waals surface area contributed by atoms with Crippen LogP contribution in [0.2, 0.25) is 0 Å². The van der Waals surface area contributed by atoms with Crippen molar-refractivity contribution in [3.63, 3.8) is 0 Å². The molecule has 0 N–H and O–H groups in total. The summed E-state index contributed by atoms with van der Waals surface area (Å²) in [5.74, 6) is -5.96. The van der Waals surface area contributed by atoms with Gasteiger partial charge >= 0.3 is 17.8 Å². The van der Waals surface area contributed by atoms with E-state index in [1.54, 1.807) is 0 Å². The highest BCUT2D eigenvalue weighted by atomic mass is 31.2. The quantitative estimate of drug-likeness (QED) is 0.500. The second kappa shape index (κ2) is 4.90. The summed E-state index contributed by atoms with van der Waals surface area (Å²) in [5.41, 5.74) is -5.00. The number of hydrogen-bond donors (Lipinski definition) is 0. The molecule has 0 spiro atoms. The van der Waals surface area contributed by atoms with Gasteiger partial charge in [-0.1, -0.05) is 0 Å². The van der Waals surface area contributed by atoms with Gasteiger partial charge in [0, 0.05) is 0 Å². The van der Waals surface area contributed by atoms with Crippen LogP contribution < -0.4 is 0 Å². The maximum absolute atomic E-state index is 13.6. The Balaban J connectivity index is 5.67. The first-order valence-corrected chi connectivity index (χ1v) is 7.46. The zero-order valence-electron chi connectivity index (χ0n) is 9.71. The van der Waals surface area contributed by atoms with E-state index in [2.05, 4.69) is 0 Å². The van der Waals surface area contributed by atoms with E-state index in [1.165, 1.54) is 20.8 Å². The largest absolute Gasteiger partial charge is 0.464 e. The molecule has 0 amide bonds. The van der Waals surface area contributed by atoms with Crippen molar-refractivity contribution >= 4 is 7.26 Å². The minimum Gasteiger partial charge on any atom is -0.185 e. The first kappa shape index (κ1) is 16.9. The number of rotatable bonds is 5. The maximum Gasteiger partial charge on any atom is 0.464 e. The number of alkyl halides is 7. The van der Waals surface area contributed by atoms with Crippen molar-refractivity contribution in [3.8, 4) is 0 Å². The average Bonchev–Trinajstić information content (AvgIpc) is 2.19. The van der Waals surface area contributed by atoms with Crippen molar-refractivity contribution in [1.29, 1.82) is 0 Å². The van der Waals surface area contributed by atoms with E-state index >= 15 is 0 Å². The second-order valence-electron chi connectivity index (χ2n) is 3.71. The van der Waals surface area contributed by atoms with E-state index in [0.29, 0.717) is 0 Å². The van der Waals surface area contributed by atoms with Gasteiger partial charge in [-0.05, 0) is 20.8 Å². The Kier molecular flexibility index (Phi) is 4.88. The van der Waals surface area contributed by atoms with E-state index in [1.807, 2.05) is 0 Å². The van der Waals surface area contributed by atoms with Crippen molar-refractivity contribution < 1.29 is 30.7 Å². The molecule has 104 valence electrons. The van der Waals surface area contributed by atoms with Crippen molar-refractivity contribution in [2.24, 2.45) is 0 Å².